The van der Waals surface area contributed by atoms with Crippen molar-refractivity contribution in [3.63, 3.8) is 0 Å². The molecule has 0 aromatic carbocycles. The maximum atomic E-state index is 11.8. The third-order valence-corrected chi connectivity index (χ3v) is 4.40. The molecule has 1 aromatic heterocycles. The van der Waals surface area contributed by atoms with Gasteiger partial charge in [-0.2, -0.15) is 24.9 Å². The van der Waals surface area contributed by atoms with Crippen molar-refractivity contribution in [1.29, 1.82) is 0 Å². The van der Waals surface area contributed by atoms with Gasteiger partial charge in [-0.15, -0.1) is 0 Å². The number of carbonyl (C=O) groups excluding carboxylic acids is 1. The molecule has 1 unspecified atom stereocenters. The van der Waals surface area contributed by atoms with E-state index in [-0.39, 0.29) is 11.6 Å². The monoisotopic (exact) mass is 380 g/mol. The van der Waals surface area contributed by atoms with Crippen LogP contribution < -0.4 is 5.32 Å². The van der Waals surface area contributed by atoms with Gasteiger partial charge in [-0.3, -0.25) is 4.79 Å². The van der Waals surface area contributed by atoms with E-state index in [4.69, 9.17) is 15.0 Å². The van der Waals surface area contributed by atoms with Crippen LogP contribution >= 0.6 is 11.8 Å². The van der Waals surface area contributed by atoms with Crippen LogP contribution in [0.3, 0.4) is 0 Å². The molecule has 11 heteroatoms. The zero-order valence-electron chi connectivity index (χ0n) is 12.7. The standard InChI is InChI=1S/C12H14N2O3S.C2HF3O2/c15-11(14-7-9-2-1-5-18-9)8-3-4-10(12(16)17)13-6-8;3-2(4,5)1(6)7/h3-4,6,9H,1-2,5,7H2,(H,14,15)(H,16,17);(H,6,7). The van der Waals surface area contributed by atoms with E-state index < -0.39 is 18.1 Å². The van der Waals surface area contributed by atoms with Crippen molar-refractivity contribution < 1.29 is 37.8 Å². The smallest absolute Gasteiger partial charge is 0.477 e. The molecule has 1 amide bonds. The maximum Gasteiger partial charge on any atom is 0.490 e. The molecule has 2 rings (SSSR count). The van der Waals surface area contributed by atoms with Gasteiger partial charge in [0.2, 0.25) is 0 Å². The van der Waals surface area contributed by atoms with Gasteiger partial charge in [-0.25, -0.2) is 14.6 Å². The highest BCUT2D eigenvalue weighted by Crippen LogP contribution is 2.25. The zero-order valence-corrected chi connectivity index (χ0v) is 13.6. The number of aliphatic carboxylic acids is 1. The molecule has 0 aliphatic carbocycles. The summed E-state index contributed by atoms with van der Waals surface area (Å²) in [6, 6.07) is 2.81. The number of aromatic carboxylic acids is 1. The van der Waals surface area contributed by atoms with Crippen LogP contribution in [0.4, 0.5) is 13.2 Å². The predicted octanol–water partition coefficient (Wildman–Crippen LogP) is 2.04. The van der Waals surface area contributed by atoms with E-state index in [1.54, 1.807) is 0 Å². The number of halogens is 3. The zero-order chi connectivity index (χ0) is 19.0. The van der Waals surface area contributed by atoms with Gasteiger partial charge in [-0.1, -0.05) is 0 Å². The lowest BCUT2D eigenvalue weighted by molar-refractivity contribution is -0.192. The quantitative estimate of drug-likeness (QED) is 0.732. The van der Waals surface area contributed by atoms with Crippen LogP contribution in [0.5, 0.6) is 0 Å². The summed E-state index contributed by atoms with van der Waals surface area (Å²) in [6.45, 7) is 0.657. The Labute approximate surface area is 144 Å². The van der Waals surface area contributed by atoms with Crippen LogP contribution in [0.25, 0.3) is 0 Å². The third kappa shape index (κ3) is 7.42. The molecule has 0 radical (unpaired) electrons. The summed E-state index contributed by atoms with van der Waals surface area (Å²) in [5.74, 6) is -2.89. The number of carboxylic acids is 2. The van der Waals surface area contributed by atoms with Crippen molar-refractivity contribution in [2.45, 2.75) is 24.3 Å². The first-order valence-corrected chi connectivity index (χ1v) is 8.05. The van der Waals surface area contributed by atoms with Gasteiger partial charge >= 0.3 is 18.1 Å². The molecule has 0 spiro atoms. The molecule has 1 fully saturated rings. The Kier molecular flexibility index (Phi) is 7.68. The lowest BCUT2D eigenvalue weighted by Gasteiger charge is -2.09. The van der Waals surface area contributed by atoms with E-state index >= 15 is 0 Å². The summed E-state index contributed by atoms with van der Waals surface area (Å²) in [5.41, 5.74) is 0.334. The normalized spacial score (nSPS) is 16.5. The van der Waals surface area contributed by atoms with Crippen molar-refractivity contribution >= 4 is 29.6 Å². The fourth-order valence-electron chi connectivity index (χ4n) is 1.77. The second-order valence-corrected chi connectivity index (χ2v) is 6.29. The van der Waals surface area contributed by atoms with Gasteiger partial charge in [0.25, 0.3) is 5.91 Å². The van der Waals surface area contributed by atoms with E-state index in [1.165, 1.54) is 24.8 Å². The predicted molar refractivity (Wildman–Crippen MR) is 82.7 cm³/mol. The number of nitrogens with one attached hydrogen (secondary N) is 1. The largest absolute Gasteiger partial charge is 0.490 e. The first-order chi connectivity index (χ1) is 11.6. The highest BCUT2D eigenvalue weighted by Gasteiger charge is 2.38. The molecular weight excluding hydrogens is 365 g/mol. The third-order valence-electron chi connectivity index (χ3n) is 3.00. The van der Waals surface area contributed by atoms with Crippen molar-refractivity contribution in [3.05, 3.63) is 29.6 Å². The number of carboxylic acid groups (broad SMARTS) is 2. The van der Waals surface area contributed by atoms with E-state index in [0.29, 0.717) is 17.4 Å². The number of nitrogens with zero attached hydrogens (tertiary/aromatic N) is 1. The highest BCUT2D eigenvalue weighted by atomic mass is 32.2. The molecule has 0 saturated carbocycles. The van der Waals surface area contributed by atoms with Crippen LogP contribution in [0.2, 0.25) is 0 Å². The lowest BCUT2D eigenvalue weighted by atomic mass is 10.2. The van der Waals surface area contributed by atoms with E-state index in [9.17, 15) is 22.8 Å². The van der Waals surface area contributed by atoms with Crippen molar-refractivity contribution in [2.24, 2.45) is 0 Å². The fourth-order valence-corrected chi connectivity index (χ4v) is 2.97. The first kappa shape index (κ1) is 20.7. The summed E-state index contributed by atoms with van der Waals surface area (Å²) in [5, 5.41) is 19.2. The summed E-state index contributed by atoms with van der Waals surface area (Å²) < 4.78 is 31.7. The van der Waals surface area contributed by atoms with Gasteiger partial charge in [0, 0.05) is 18.0 Å². The van der Waals surface area contributed by atoms with Gasteiger partial charge in [-0.05, 0) is 30.7 Å². The van der Waals surface area contributed by atoms with Crippen LogP contribution in [0.1, 0.15) is 33.7 Å². The Morgan fingerprint density at radius 2 is 1.92 bits per heavy atom. The minimum absolute atomic E-state index is 0.0575. The van der Waals surface area contributed by atoms with Crippen molar-refractivity contribution in [1.82, 2.24) is 10.3 Å². The lowest BCUT2D eigenvalue weighted by Crippen LogP contribution is -2.29. The number of rotatable bonds is 4. The maximum absolute atomic E-state index is 11.8. The molecule has 1 atom stereocenters. The first-order valence-electron chi connectivity index (χ1n) is 7.00. The highest BCUT2D eigenvalue weighted by molar-refractivity contribution is 8.00. The average molecular weight is 380 g/mol. The Bertz CT molecular complexity index is 616. The van der Waals surface area contributed by atoms with Gasteiger partial charge in [0.15, 0.2) is 0 Å². The molecule has 0 bridgehead atoms. The minimum atomic E-state index is -5.08. The molecule has 138 valence electrons. The number of alkyl halides is 3. The van der Waals surface area contributed by atoms with Crippen LogP contribution in [-0.2, 0) is 4.79 Å². The van der Waals surface area contributed by atoms with Crippen LogP contribution in [-0.4, -0.2) is 56.8 Å². The molecular formula is C14H15F3N2O5S. The Morgan fingerprint density at radius 3 is 2.32 bits per heavy atom. The summed E-state index contributed by atoms with van der Waals surface area (Å²) >= 11 is 1.88. The molecule has 25 heavy (non-hydrogen) atoms. The number of aromatic nitrogens is 1. The number of hydrogen-bond acceptors (Lipinski definition) is 5. The molecule has 1 aliphatic rings. The molecule has 1 saturated heterocycles. The number of thioether (sulfide) groups is 1. The van der Waals surface area contributed by atoms with Crippen molar-refractivity contribution in [3.8, 4) is 0 Å². The molecule has 1 aliphatic heterocycles. The Morgan fingerprint density at radius 1 is 1.28 bits per heavy atom. The molecule has 2 heterocycles. The second kappa shape index (κ2) is 9.25. The van der Waals surface area contributed by atoms with Crippen LogP contribution in [0, 0.1) is 0 Å². The summed E-state index contributed by atoms with van der Waals surface area (Å²) in [4.78, 5) is 35.0. The number of pyridine rings is 1. The van der Waals surface area contributed by atoms with E-state index in [1.807, 2.05) is 11.8 Å². The summed E-state index contributed by atoms with van der Waals surface area (Å²) in [7, 11) is 0. The number of carbonyl (C=O) groups is 3. The number of amides is 1. The summed E-state index contributed by atoms with van der Waals surface area (Å²) in [6.07, 6.45) is -1.44. The SMILES string of the molecule is O=C(NCC1CCCS1)c1ccc(C(=O)O)nc1.O=C(O)C(F)(F)F. The Hall–Kier alpha value is -2.30. The van der Waals surface area contributed by atoms with Gasteiger partial charge in [0.05, 0.1) is 5.56 Å². The van der Waals surface area contributed by atoms with Gasteiger partial charge in [0.1, 0.15) is 5.69 Å². The topological polar surface area (TPSA) is 117 Å². The second-order valence-electron chi connectivity index (χ2n) is 4.89. The molecule has 7 nitrogen and oxygen atoms in total. The van der Waals surface area contributed by atoms with Crippen LogP contribution in [0.15, 0.2) is 18.3 Å². The fraction of sp³-hybridized carbons (Fsp3) is 0.429. The van der Waals surface area contributed by atoms with Gasteiger partial charge < -0.3 is 15.5 Å². The Balaban J connectivity index is 0.000000381. The van der Waals surface area contributed by atoms with E-state index in [2.05, 4.69) is 10.3 Å². The number of hydrogen-bond donors (Lipinski definition) is 3. The van der Waals surface area contributed by atoms with Crippen molar-refractivity contribution in [2.75, 3.05) is 12.3 Å². The molecule has 1 aromatic rings. The van der Waals surface area contributed by atoms with E-state index in [0.717, 1.165) is 12.2 Å². The average Bonchev–Trinajstić information content (AvgIpc) is 3.05. The minimum Gasteiger partial charge on any atom is -0.477 e. The molecule has 3 N–H and O–H groups in total.